The second-order valence-electron chi connectivity index (χ2n) is 4.53. The zero-order valence-corrected chi connectivity index (χ0v) is 12.4. The number of pyridine rings is 1. The first-order valence-corrected chi connectivity index (χ1v) is 7.21. The van der Waals surface area contributed by atoms with Gasteiger partial charge in [0.2, 0.25) is 0 Å². The van der Waals surface area contributed by atoms with Gasteiger partial charge in [0.25, 0.3) is 5.91 Å². The fourth-order valence-corrected chi connectivity index (χ4v) is 2.81. The van der Waals surface area contributed by atoms with Crippen LogP contribution >= 0.6 is 11.3 Å². The number of aromatic nitrogens is 2. The molecule has 0 saturated carbocycles. The second kappa shape index (κ2) is 5.49. The highest BCUT2D eigenvalue weighted by Gasteiger charge is 2.17. The van der Waals surface area contributed by atoms with Gasteiger partial charge in [-0.2, -0.15) is 0 Å². The van der Waals surface area contributed by atoms with Crippen LogP contribution in [0.3, 0.4) is 0 Å². The first kappa shape index (κ1) is 13.5. The number of hydrogen-bond donors (Lipinski definition) is 1. The molecule has 1 N–H and O–H groups in total. The van der Waals surface area contributed by atoms with Crippen molar-refractivity contribution in [3.05, 3.63) is 53.0 Å². The zero-order valence-electron chi connectivity index (χ0n) is 11.6. The Morgan fingerprint density at radius 1 is 1.19 bits per heavy atom. The van der Waals surface area contributed by atoms with E-state index >= 15 is 0 Å². The summed E-state index contributed by atoms with van der Waals surface area (Å²) in [6, 6.07) is 7.22. The van der Waals surface area contributed by atoms with Gasteiger partial charge in [-0.25, -0.2) is 4.98 Å². The molecule has 0 spiro atoms. The lowest BCUT2D eigenvalue weighted by Gasteiger charge is -2.02. The Kier molecular flexibility index (Phi) is 3.53. The van der Waals surface area contributed by atoms with Crippen molar-refractivity contribution < 1.29 is 9.21 Å². The Morgan fingerprint density at radius 3 is 2.62 bits per heavy atom. The van der Waals surface area contributed by atoms with Crippen LogP contribution in [0, 0.1) is 13.8 Å². The molecular weight excluding hydrogens is 286 g/mol. The third-order valence-electron chi connectivity index (χ3n) is 2.89. The monoisotopic (exact) mass is 299 g/mol. The summed E-state index contributed by atoms with van der Waals surface area (Å²) in [5.74, 6) is 1.33. The van der Waals surface area contributed by atoms with Gasteiger partial charge in [-0.05, 0) is 38.1 Å². The van der Waals surface area contributed by atoms with E-state index in [2.05, 4.69) is 15.3 Å². The van der Waals surface area contributed by atoms with Gasteiger partial charge in [-0.1, -0.05) is 0 Å². The molecule has 0 unspecified atom stereocenters. The summed E-state index contributed by atoms with van der Waals surface area (Å²) < 4.78 is 5.54. The van der Waals surface area contributed by atoms with Crippen molar-refractivity contribution in [2.24, 2.45) is 0 Å². The fraction of sp³-hybridized carbons (Fsp3) is 0.133. The number of amides is 1. The summed E-state index contributed by atoms with van der Waals surface area (Å²) in [7, 11) is 0. The first-order valence-electron chi connectivity index (χ1n) is 6.39. The smallest absolute Gasteiger partial charge is 0.267 e. The number of carbonyl (C=O) groups excluding carboxylic acids is 1. The minimum absolute atomic E-state index is 0.175. The van der Waals surface area contributed by atoms with E-state index < -0.39 is 0 Å². The van der Waals surface area contributed by atoms with Crippen molar-refractivity contribution in [3.8, 4) is 10.8 Å². The molecule has 1 amide bonds. The SMILES string of the molecule is Cc1ccc(-c2nc(C)c(C(=O)Nc3ccncc3)s2)o1. The topological polar surface area (TPSA) is 68.0 Å². The highest BCUT2D eigenvalue weighted by Crippen LogP contribution is 2.29. The molecule has 21 heavy (non-hydrogen) atoms. The number of thiazole rings is 1. The minimum atomic E-state index is -0.175. The second-order valence-corrected chi connectivity index (χ2v) is 5.53. The van der Waals surface area contributed by atoms with E-state index in [1.54, 1.807) is 24.5 Å². The van der Waals surface area contributed by atoms with Crippen molar-refractivity contribution in [1.82, 2.24) is 9.97 Å². The molecule has 3 aromatic heterocycles. The maximum absolute atomic E-state index is 12.3. The van der Waals surface area contributed by atoms with Crippen molar-refractivity contribution >= 4 is 22.9 Å². The van der Waals surface area contributed by atoms with Gasteiger partial charge in [-0.3, -0.25) is 9.78 Å². The minimum Gasteiger partial charge on any atom is -0.459 e. The number of furan rings is 1. The van der Waals surface area contributed by atoms with Crippen molar-refractivity contribution in [1.29, 1.82) is 0 Å². The summed E-state index contributed by atoms with van der Waals surface area (Å²) in [6.07, 6.45) is 3.26. The Bertz CT molecular complexity index is 777. The number of nitrogens with zero attached hydrogens (tertiary/aromatic N) is 2. The number of anilines is 1. The van der Waals surface area contributed by atoms with E-state index in [0.717, 1.165) is 5.76 Å². The molecule has 0 radical (unpaired) electrons. The molecular formula is C15H13N3O2S. The van der Waals surface area contributed by atoms with Crippen LogP contribution in [0.1, 0.15) is 21.1 Å². The van der Waals surface area contributed by atoms with Crippen LogP contribution in [0.4, 0.5) is 5.69 Å². The Labute approximate surface area is 125 Å². The maximum atomic E-state index is 12.3. The fourth-order valence-electron chi connectivity index (χ4n) is 1.89. The summed E-state index contributed by atoms with van der Waals surface area (Å²) in [6.45, 7) is 3.69. The molecule has 6 heteroatoms. The molecule has 3 rings (SSSR count). The van der Waals surface area contributed by atoms with E-state index in [-0.39, 0.29) is 5.91 Å². The van der Waals surface area contributed by atoms with Crippen LogP contribution in [-0.4, -0.2) is 15.9 Å². The normalized spacial score (nSPS) is 10.6. The third-order valence-corrected chi connectivity index (χ3v) is 4.06. The van der Waals surface area contributed by atoms with Gasteiger partial charge in [0.15, 0.2) is 10.8 Å². The molecule has 0 fully saturated rings. The lowest BCUT2D eigenvalue weighted by molar-refractivity contribution is 0.103. The molecule has 0 aromatic carbocycles. The van der Waals surface area contributed by atoms with Crippen LogP contribution in [-0.2, 0) is 0 Å². The largest absolute Gasteiger partial charge is 0.459 e. The highest BCUT2D eigenvalue weighted by atomic mass is 32.1. The zero-order chi connectivity index (χ0) is 14.8. The Balaban J connectivity index is 1.86. The molecule has 3 heterocycles. The average molecular weight is 299 g/mol. The van der Waals surface area contributed by atoms with Gasteiger partial charge in [-0.15, -0.1) is 11.3 Å². The van der Waals surface area contributed by atoms with Gasteiger partial charge >= 0.3 is 0 Å². The summed E-state index contributed by atoms with van der Waals surface area (Å²) in [4.78, 5) is 21.2. The van der Waals surface area contributed by atoms with E-state index in [1.165, 1.54) is 11.3 Å². The average Bonchev–Trinajstić information content (AvgIpc) is 3.06. The molecule has 0 atom stereocenters. The predicted octanol–water partition coefficient (Wildman–Crippen LogP) is 3.67. The van der Waals surface area contributed by atoms with Crippen LogP contribution < -0.4 is 5.32 Å². The van der Waals surface area contributed by atoms with E-state index in [9.17, 15) is 4.79 Å². The lowest BCUT2D eigenvalue weighted by Crippen LogP contribution is -2.11. The molecule has 0 bridgehead atoms. The van der Waals surface area contributed by atoms with E-state index in [4.69, 9.17) is 4.42 Å². The molecule has 0 aliphatic heterocycles. The Hall–Kier alpha value is -2.47. The lowest BCUT2D eigenvalue weighted by atomic mass is 10.3. The first-order chi connectivity index (χ1) is 10.1. The third kappa shape index (κ3) is 2.85. The van der Waals surface area contributed by atoms with Crippen molar-refractivity contribution in [2.75, 3.05) is 5.32 Å². The summed E-state index contributed by atoms with van der Waals surface area (Å²) >= 11 is 1.32. The van der Waals surface area contributed by atoms with Gasteiger partial charge in [0.05, 0.1) is 5.69 Å². The van der Waals surface area contributed by atoms with Crippen LogP contribution in [0.2, 0.25) is 0 Å². The van der Waals surface area contributed by atoms with Crippen LogP contribution in [0.25, 0.3) is 10.8 Å². The van der Waals surface area contributed by atoms with Gasteiger partial charge in [0, 0.05) is 18.1 Å². The van der Waals surface area contributed by atoms with E-state index in [0.29, 0.717) is 27.0 Å². The Morgan fingerprint density at radius 2 is 1.95 bits per heavy atom. The molecule has 5 nitrogen and oxygen atoms in total. The summed E-state index contributed by atoms with van der Waals surface area (Å²) in [5.41, 5.74) is 1.40. The summed E-state index contributed by atoms with van der Waals surface area (Å²) in [5, 5.41) is 3.54. The van der Waals surface area contributed by atoms with Crippen molar-refractivity contribution in [2.45, 2.75) is 13.8 Å². The molecule has 3 aromatic rings. The van der Waals surface area contributed by atoms with Crippen molar-refractivity contribution in [3.63, 3.8) is 0 Å². The van der Waals surface area contributed by atoms with Crippen LogP contribution in [0.5, 0.6) is 0 Å². The number of hydrogen-bond acceptors (Lipinski definition) is 5. The molecule has 0 saturated heterocycles. The van der Waals surface area contributed by atoms with Gasteiger partial charge in [0.1, 0.15) is 10.6 Å². The maximum Gasteiger partial charge on any atom is 0.267 e. The quantitative estimate of drug-likeness (QED) is 0.801. The highest BCUT2D eigenvalue weighted by molar-refractivity contribution is 7.17. The molecule has 106 valence electrons. The van der Waals surface area contributed by atoms with Crippen LogP contribution in [0.15, 0.2) is 41.1 Å². The predicted molar refractivity (Wildman–Crippen MR) is 81.5 cm³/mol. The van der Waals surface area contributed by atoms with E-state index in [1.807, 2.05) is 26.0 Å². The molecule has 0 aliphatic rings. The number of rotatable bonds is 3. The number of carbonyl (C=O) groups is 1. The van der Waals surface area contributed by atoms with Gasteiger partial charge < -0.3 is 9.73 Å². The molecule has 0 aliphatic carbocycles. The standard InChI is InChI=1S/C15H13N3O2S/c1-9-3-4-12(20-9)15-17-10(2)13(21-15)14(19)18-11-5-7-16-8-6-11/h3-8H,1-2H3,(H,16,18,19). The number of nitrogens with one attached hydrogen (secondary N) is 1. The number of aryl methyl sites for hydroxylation is 2.